The van der Waals surface area contributed by atoms with Crippen LogP contribution in [0, 0.1) is 5.82 Å². The molecule has 11 heteroatoms. The molecule has 0 fully saturated rings. The van der Waals surface area contributed by atoms with E-state index in [1.165, 1.54) is 24.5 Å². The molecule has 4 rings (SSSR count). The average Bonchev–Trinajstić information content (AvgIpc) is 2.71. The predicted molar refractivity (Wildman–Crippen MR) is 103 cm³/mol. The molecule has 2 aliphatic rings. The van der Waals surface area contributed by atoms with Crippen LogP contribution in [0.4, 0.5) is 18.9 Å². The lowest BCUT2D eigenvalue weighted by molar-refractivity contribution is -0.117. The fourth-order valence-electron chi connectivity index (χ4n) is 3.27. The highest BCUT2D eigenvalue weighted by Crippen LogP contribution is 2.45. The molecule has 0 aliphatic carbocycles. The van der Waals surface area contributed by atoms with E-state index in [1.807, 2.05) is 6.92 Å². The molecule has 2 aromatic rings. The van der Waals surface area contributed by atoms with Crippen molar-refractivity contribution in [2.24, 2.45) is 15.7 Å². The minimum Gasteiger partial charge on any atom is -0.477 e. The van der Waals surface area contributed by atoms with E-state index in [-0.39, 0.29) is 12.1 Å². The molecule has 1 atom stereocenters. The van der Waals surface area contributed by atoms with Crippen molar-refractivity contribution in [2.75, 3.05) is 18.5 Å². The number of rotatable bonds is 4. The Hall–Kier alpha value is -3.37. The Morgan fingerprint density at radius 2 is 2.07 bits per heavy atom. The maximum Gasteiger partial charge on any atom is 0.310 e. The highest BCUT2D eigenvalue weighted by molar-refractivity contribution is 6.08. The Bertz CT molecular complexity index is 1040. The van der Waals surface area contributed by atoms with Gasteiger partial charge >= 0.3 is 5.92 Å². The number of amidine groups is 2. The van der Waals surface area contributed by atoms with Crippen LogP contribution in [-0.2, 0) is 16.8 Å². The maximum absolute atomic E-state index is 14.8. The lowest BCUT2D eigenvalue weighted by Gasteiger charge is -2.38. The van der Waals surface area contributed by atoms with Crippen molar-refractivity contribution in [3.63, 3.8) is 0 Å². The van der Waals surface area contributed by atoms with Crippen molar-refractivity contribution in [2.45, 2.75) is 31.9 Å². The van der Waals surface area contributed by atoms with Crippen molar-refractivity contribution in [1.29, 1.82) is 0 Å². The highest BCUT2D eigenvalue weighted by Gasteiger charge is 2.56. The monoisotopic (exact) mass is 420 g/mol. The number of alkyl halides is 2. The first kappa shape index (κ1) is 19.9. The van der Waals surface area contributed by atoms with E-state index in [4.69, 9.17) is 10.5 Å². The van der Waals surface area contributed by atoms with Gasteiger partial charge in [0.2, 0.25) is 5.88 Å². The number of benzene rings is 1. The molecule has 1 unspecified atom stereocenters. The summed E-state index contributed by atoms with van der Waals surface area (Å²) in [5, 5.41) is 3.01. The highest BCUT2D eigenvalue weighted by atomic mass is 19.3. The third kappa shape index (κ3) is 3.29. The molecule has 0 bridgehead atoms. The SMILES string of the molecule is CCOc1cnc(C2=NCc3cc(F)c(C4(C)N=C(N)OCC4(F)F)cc3N2)cn1. The zero-order valence-electron chi connectivity index (χ0n) is 16.2. The Labute approximate surface area is 170 Å². The van der Waals surface area contributed by atoms with Gasteiger partial charge in [-0.25, -0.2) is 19.4 Å². The zero-order chi connectivity index (χ0) is 21.5. The van der Waals surface area contributed by atoms with Gasteiger partial charge in [-0.3, -0.25) is 4.99 Å². The fraction of sp³-hybridized carbons (Fsp3) is 0.368. The number of fused-ring (bicyclic) bond motifs is 1. The minimum atomic E-state index is -3.46. The molecular weight excluding hydrogens is 401 g/mol. The van der Waals surface area contributed by atoms with Crippen LogP contribution in [0.5, 0.6) is 5.88 Å². The largest absolute Gasteiger partial charge is 0.477 e. The van der Waals surface area contributed by atoms with Gasteiger partial charge in [0.25, 0.3) is 6.02 Å². The van der Waals surface area contributed by atoms with Gasteiger partial charge < -0.3 is 20.5 Å². The second kappa shape index (κ2) is 7.15. The summed E-state index contributed by atoms with van der Waals surface area (Å²) in [5.74, 6) is -3.54. The molecule has 158 valence electrons. The molecule has 0 amide bonds. The number of nitrogens with two attached hydrogens (primary N) is 1. The fourth-order valence-corrected chi connectivity index (χ4v) is 3.27. The first-order valence-electron chi connectivity index (χ1n) is 9.19. The standard InChI is InChI=1S/C19H19F3N6O2/c1-3-29-15-8-24-14(7-25-15)16-26-6-10-4-12(20)11(5-13(10)27-16)18(2)19(21,22)9-30-17(23)28-18/h4-5,7-8H,3,6,9H2,1-2H3,(H2,23,28)(H,26,27). The topological polar surface area (TPSA) is 107 Å². The normalized spacial score (nSPS) is 22.2. The van der Waals surface area contributed by atoms with E-state index < -0.39 is 29.9 Å². The van der Waals surface area contributed by atoms with Crippen LogP contribution in [0.15, 0.2) is 34.5 Å². The van der Waals surface area contributed by atoms with E-state index in [0.717, 1.165) is 6.92 Å². The first-order chi connectivity index (χ1) is 14.2. The summed E-state index contributed by atoms with van der Waals surface area (Å²) in [7, 11) is 0. The third-order valence-corrected chi connectivity index (χ3v) is 4.99. The van der Waals surface area contributed by atoms with Crippen molar-refractivity contribution in [3.05, 3.63) is 47.2 Å². The molecule has 2 aliphatic heterocycles. The van der Waals surface area contributed by atoms with Crippen LogP contribution in [0.25, 0.3) is 0 Å². The van der Waals surface area contributed by atoms with Gasteiger partial charge in [0.1, 0.15) is 11.5 Å². The van der Waals surface area contributed by atoms with Crippen LogP contribution < -0.4 is 15.8 Å². The summed E-state index contributed by atoms with van der Waals surface area (Å²) in [4.78, 5) is 16.5. The van der Waals surface area contributed by atoms with Gasteiger partial charge in [0.05, 0.1) is 25.5 Å². The number of anilines is 1. The lowest BCUT2D eigenvalue weighted by Crippen LogP contribution is -2.51. The summed E-state index contributed by atoms with van der Waals surface area (Å²) >= 11 is 0. The van der Waals surface area contributed by atoms with Gasteiger partial charge in [-0.05, 0) is 26.0 Å². The van der Waals surface area contributed by atoms with Crippen molar-refractivity contribution in [1.82, 2.24) is 9.97 Å². The first-order valence-corrected chi connectivity index (χ1v) is 9.19. The van der Waals surface area contributed by atoms with E-state index >= 15 is 0 Å². The lowest BCUT2D eigenvalue weighted by atomic mass is 9.84. The average molecular weight is 420 g/mol. The zero-order valence-corrected chi connectivity index (χ0v) is 16.2. The molecule has 3 N–H and O–H groups in total. The van der Waals surface area contributed by atoms with Gasteiger partial charge in [-0.15, -0.1) is 0 Å². The molecule has 0 saturated heterocycles. The van der Waals surface area contributed by atoms with Gasteiger partial charge in [0, 0.05) is 16.8 Å². The predicted octanol–water partition coefficient (Wildman–Crippen LogP) is 2.58. The number of nitrogens with one attached hydrogen (secondary N) is 1. The maximum atomic E-state index is 14.8. The number of hydrogen-bond donors (Lipinski definition) is 2. The Morgan fingerprint density at radius 3 is 2.77 bits per heavy atom. The van der Waals surface area contributed by atoms with Crippen LogP contribution in [0.3, 0.4) is 0 Å². The van der Waals surface area contributed by atoms with Gasteiger partial charge in [-0.2, -0.15) is 8.78 Å². The minimum absolute atomic E-state index is 0.144. The number of ether oxygens (including phenoxy) is 2. The summed E-state index contributed by atoms with van der Waals surface area (Å²) in [6.07, 6.45) is 2.93. The number of aromatic nitrogens is 2. The van der Waals surface area contributed by atoms with E-state index in [1.54, 1.807) is 0 Å². The van der Waals surface area contributed by atoms with Crippen molar-refractivity contribution in [3.8, 4) is 5.88 Å². The Kier molecular flexibility index (Phi) is 4.75. The molecule has 0 spiro atoms. The van der Waals surface area contributed by atoms with Gasteiger partial charge in [-0.1, -0.05) is 0 Å². The number of halogens is 3. The van der Waals surface area contributed by atoms with E-state index in [2.05, 4.69) is 30.0 Å². The second-order valence-electron chi connectivity index (χ2n) is 6.97. The molecule has 1 aromatic carbocycles. The quantitative estimate of drug-likeness (QED) is 0.787. The molecular formula is C19H19F3N6O2. The smallest absolute Gasteiger partial charge is 0.310 e. The van der Waals surface area contributed by atoms with Crippen molar-refractivity contribution >= 4 is 17.5 Å². The molecule has 1 aromatic heterocycles. The summed E-state index contributed by atoms with van der Waals surface area (Å²) < 4.78 is 54.0. The summed E-state index contributed by atoms with van der Waals surface area (Å²) in [6.45, 7) is 2.57. The molecule has 30 heavy (non-hydrogen) atoms. The third-order valence-electron chi connectivity index (χ3n) is 4.99. The van der Waals surface area contributed by atoms with Crippen LogP contribution in [0.1, 0.15) is 30.7 Å². The number of nitrogens with zero attached hydrogens (tertiary/aromatic N) is 4. The molecule has 8 nitrogen and oxygen atoms in total. The van der Waals surface area contributed by atoms with Crippen LogP contribution >= 0.6 is 0 Å². The van der Waals surface area contributed by atoms with Crippen LogP contribution in [0.2, 0.25) is 0 Å². The molecule has 0 saturated carbocycles. The second-order valence-corrected chi connectivity index (χ2v) is 6.97. The van der Waals surface area contributed by atoms with Crippen molar-refractivity contribution < 1.29 is 22.6 Å². The molecule has 0 radical (unpaired) electrons. The van der Waals surface area contributed by atoms with E-state index in [0.29, 0.717) is 35.3 Å². The molecule has 3 heterocycles. The number of hydrogen-bond acceptors (Lipinski definition) is 8. The summed E-state index contributed by atoms with van der Waals surface area (Å²) in [6, 6.07) is 2.06. The Balaban J connectivity index is 1.69. The number of aliphatic imine (C=N–C) groups is 2. The van der Waals surface area contributed by atoms with Crippen LogP contribution in [-0.4, -0.2) is 41.0 Å². The van der Waals surface area contributed by atoms with E-state index in [9.17, 15) is 13.2 Å². The Morgan fingerprint density at radius 1 is 1.27 bits per heavy atom. The summed E-state index contributed by atoms with van der Waals surface area (Å²) in [5.41, 5.74) is 4.34. The van der Waals surface area contributed by atoms with Gasteiger partial charge in [0.15, 0.2) is 18.0 Å².